The van der Waals surface area contributed by atoms with Crippen LogP contribution in [-0.4, -0.2) is 50.9 Å². The Morgan fingerprint density at radius 3 is 2.59 bits per heavy atom. The largest absolute Gasteiger partial charge is 0.366 e. The van der Waals surface area contributed by atoms with Crippen molar-refractivity contribution in [2.45, 2.75) is 0 Å². The van der Waals surface area contributed by atoms with Crippen LogP contribution < -0.4 is 16.1 Å². The number of piperazine rings is 1. The van der Waals surface area contributed by atoms with E-state index in [9.17, 15) is 18.8 Å². The monoisotopic (exact) mass is 389 g/mol. The van der Waals surface area contributed by atoms with Crippen molar-refractivity contribution in [3.8, 4) is 0 Å². The maximum atomic E-state index is 13.9. The molecular weight excluding hydrogens is 373 g/mol. The number of amides is 1. The number of carbonyl (C=O) groups is 1. The van der Waals surface area contributed by atoms with Crippen LogP contribution in [0, 0.1) is 5.82 Å². The molecule has 3 aromatic rings. The van der Waals surface area contributed by atoms with Crippen LogP contribution in [0.1, 0.15) is 9.67 Å². The van der Waals surface area contributed by atoms with E-state index < -0.39 is 11.2 Å². The molecule has 140 valence electrons. The first kappa shape index (κ1) is 17.4. The lowest BCUT2D eigenvalue weighted by Crippen LogP contribution is -2.49. The van der Waals surface area contributed by atoms with Gasteiger partial charge < -0.3 is 14.8 Å². The number of nitrogens with zero attached hydrogens (tertiary/aromatic N) is 4. The van der Waals surface area contributed by atoms with Crippen LogP contribution in [0.3, 0.4) is 0 Å². The van der Waals surface area contributed by atoms with E-state index in [2.05, 4.69) is 9.36 Å². The fraction of sp³-hybridized carbons (Fsp3) is 0.294. The zero-order chi connectivity index (χ0) is 19.1. The van der Waals surface area contributed by atoms with E-state index in [1.165, 1.54) is 13.1 Å². The molecule has 10 heteroatoms. The summed E-state index contributed by atoms with van der Waals surface area (Å²) in [4.78, 5) is 43.1. The SMILES string of the molecule is Cn1c(=O)[nH]c2c(C(=O)N3CCN(c4ccccc4F)CC3)snc2c1=O. The maximum absolute atomic E-state index is 13.9. The summed E-state index contributed by atoms with van der Waals surface area (Å²) in [5.41, 5.74) is -0.356. The zero-order valence-electron chi connectivity index (χ0n) is 14.4. The number of nitrogens with one attached hydrogen (secondary N) is 1. The Kier molecular flexibility index (Phi) is 4.27. The van der Waals surface area contributed by atoms with E-state index in [4.69, 9.17) is 0 Å². The topological polar surface area (TPSA) is 91.3 Å². The number of benzene rings is 1. The van der Waals surface area contributed by atoms with E-state index in [1.807, 2.05) is 4.90 Å². The van der Waals surface area contributed by atoms with Crippen LogP contribution in [0.2, 0.25) is 0 Å². The molecule has 8 nitrogen and oxygen atoms in total. The van der Waals surface area contributed by atoms with Crippen molar-refractivity contribution in [1.82, 2.24) is 18.8 Å². The molecule has 1 aliphatic heterocycles. The van der Waals surface area contributed by atoms with Crippen molar-refractivity contribution in [1.29, 1.82) is 0 Å². The van der Waals surface area contributed by atoms with Crippen molar-refractivity contribution in [3.05, 3.63) is 55.8 Å². The summed E-state index contributed by atoms with van der Waals surface area (Å²) >= 11 is 0.898. The molecule has 0 bridgehead atoms. The van der Waals surface area contributed by atoms with E-state index >= 15 is 0 Å². The minimum absolute atomic E-state index is 0.0791. The van der Waals surface area contributed by atoms with E-state index in [-0.39, 0.29) is 27.6 Å². The van der Waals surface area contributed by atoms with E-state index in [1.54, 1.807) is 23.1 Å². The molecule has 0 atom stereocenters. The summed E-state index contributed by atoms with van der Waals surface area (Å²) in [6, 6.07) is 6.53. The maximum Gasteiger partial charge on any atom is 0.328 e. The Bertz CT molecular complexity index is 1140. The zero-order valence-corrected chi connectivity index (χ0v) is 15.3. The molecule has 1 N–H and O–H groups in total. The van der Waals surface area contributed by atoms with Crippen molar-refractivity contribution < 1.29 is 9.18 Å². The van der Waals surface area contributed by atoms with Crippen LogP contribution in [0.25, 0.3) is 11.0 Å². The van der Waals surface area contributed by atoms with Crippen molar-refractivity contribution >= 4 is 34.2 Å². The molecule has 1 saturated heterocycles. The highest BCUT2D eigenvalue weighted by Gasteiger charge is 2.27. The van der Waals surface area contributed by atoms with E-state index in [0.717, 1.165) is 16.1 Å². The number of hydrogen-bond donors (Lipinski definition) is 1. The number of carbonyl (C=O) groups excluding carboxylic acids is 1. The third kappa shape index (κ3) is 2.91. The number of para-hydroxylation sites is 1. The summed E-state index contributed by atoms with van der Waals surface area (Å²) in [5, 5.41) is 0. The van der Waals surface area contributed by atoms with Crippen LogP contribution >= 0.6 is 11.5 Å². The molecule has 0 aliphatic carbocycles. The van der Waals surface area contributed by atoms with Gasteiger partial charge in [0.1, 0.15) is 10.7 Å². The van der Waals surface area contributed by atoms with Crippen LogP contribution in [0.4, 0.5) is 10.1 Å². The molecule has 1 fully saturated rings. The first-order valence-corrected chi connectivity index (χ1v) is 9.12. The average molecular weight is 389 g/mol. The van der Waals surface area contributed by atoms with Gasteiger partial charge in [0.25, 0.3) is 11.5 Å². The fourth-order valence-electron chi connectivity index (χ4n) is 3.14. The number of fused-ring (bicyclic) bond motifs is 1. The Morgan fingerprint density at radius 1 is 1.19 bits per heavy atom. The number of rotatable bonds is 2. The Morgan fingerprint density at radius 2 is 1.89 bits per heavy atom. The third-order valence-corrected chi connectivity index (χ3v) is 5.53. The van der Waals surface area contributed by atoms with Gasteiger partial charge in [0.05, 0.1) is 11.2 Å². The molecule has 27 heavy (non-hydrogen) atoms. The van der Waals surface area contributed by atoms with Gasteiger partial charge in [-0.3, -0.25) is 14.2 Å². The highest BCUT2D eigenvalue weighted by atomic mass is 32.1. The van der Waals surface area contributed by atoms with Gasteiger partial charge in [-0.1, -0.05) is 12.1 Å². The molecule has 4 rings (SSSR count). The van der Waals surface area contributed by atoms with Gasteiger partial charge in [0.2, 0.25) is 0 Å². The molecule has 0 saturated carbocycles. The van der Waals surface area contributed by atoms with Crippen molar-refractivity contribution in [2.24, 2.45) is 7.05 Å². The van der Waals surface area contributed by atoms with Crippen molar-refractivity contribution in [3.63, 3.8) is 0 Å². The lowest BCUT2D eigenvalue weighted by Gasteiger charge is -2.36. The quantitative estimate of drug-likeness (QED) is 0.700. The van der Waals surface area contributed by atoms with Gasteiger partial charge in [-0.05, 0) is 23.7 Å². The summed E-state index contributed by atoms with van der Waals surface area (Å²) in [5.74, 6) is -0.585. The number of anilines is 1. The van der Waals surface area contributed by atoms with Gasteiger partial charge in [0.15, 0.2) is 5.52 Å². The Labute approximate surface area is 156 Å². The first-order valence-electron chi connectivity index (χ1n) is 8.35. The molecular formula is C17H16FN5O3S. The molecule has 0 spiro atoms. The second-order valence-electron chi connectivity index (χ2n) is 6.26. The van der Waals surface area contributed by atoms with Gasteiger partial charge in [-0.15, -0.1) is 0 Å². The fourth-order valence-corrected chi connectivity index (χ4v) is 3.94. The third-order valence-electron chi connectivity index (χ3n) is 4.69. The molecule has 0 radical (unpaired) electrons. The molecule has 1 aromatic carbocycles. The molecule has 1 aliphatic rings. The lowest BCUT2D eigenvalue weighted by molar-refractivity contribution is 0.0753. The number of aromatic nitrogens is 3. The molecule has 2 aromatic heterocycles. The van der Waals surface area contributed by atoms with Crippen LogP contribution in [-0.2, 0) is 7.05 Å². The molecule has 0 unspecified atom stereocenters. The molecule has 3 heterocycles. The smallest absolute Gasteiger partial charge is 0.328 e. The minimum Gasteiger partial charge on any atom is -0.366 e. The highest BCUT2D eigenvalue weighted by molar-refractivity contribution is 7.09. The van der Waals surface area contributed by atoms with Crippen LogP contribution in [0.15, 0.2) is 33.9 Å². The van der Waals surface area contributed by atoms with Crippen LogP contribution in [0.5, 0.6) is 0 Å². The number of H-pyrrole nitrogens is 1. The summed E-state index contributed by atoms with van der Waals surface area (Å²) in [7, 11) is 1.35. The number of halogens is 1. The minimum atomic E-state index is -0.592. The Balaban J connectivity index is 1.57. The van der Waals surface area contributed by atoms with Gasteiger partial charge in [-0.25, -0.2) is 9.18 Å². The number of aromatic amines is 1. The predicted octanol–water partition coefficient (Wildman–Crippen LogP) is 0.785. The van der Waals surface area contributed by atoms with Gasteiger partial charge in [0, 0.05) is 33.2 Å². The van der Waals surface area contributed by atoms with Crippen molar-refractivity contribution in [2.75, 3.05) is 31.1 Å². The lowest BCUT2D eigenvalue weighted by atomic mass is 10.2. The summed E-state index contributed by atoms with van der Waals surface area (Å²) in [6.07, 6.45) is 0. The first-order chi connectivity index (χ1) is 13.0. The standard InChI is InChI=1S/C17H16FN5O3S/c1-21-15(24)13-12(19-17(21)26)14(27-20-13)16(25)23-8-6-22(7-9-23)11-5-3-2-4-10(11)18/h2-5H,6-9H2,1H3,(H,19,26). The van der Waals surface area contributed by atoms with Gasteiger partial charge in [-0.2, -0.15) is 4.37 Å². The number of hydrogen-bond acceptors (Lipinski definition) is 6. The van der Waals surface area contributed by atoms with Gasteiger partial charge >= 0.3 is 5.69 Å². The van der Waals surface area contributed by atoms with E-state index in [0.29, 0.717) is 31.9 Å². The summed E-state index contributed by atoms with van der Waals surface area (Å²) in [6.45, 7) is 1.78. The summed E-state index contributed by atoms with van der Waals surface area (Å²) < 4.78 is 18.9. The average Bonchev–Trinajstić information content (AvgIpc) is 3.10. The Hall–Kier alpha value is -3.01. The highest BCUT2D eigenvalue weighted by Crippen LogP contribution is 2.23. The second kappa shape index (κ2) is 6.62. The predicted molar refractivity (Wildman–Crippen MR) is 100.0 cm³/mol. The second-order valence-corrected chi connectivity index (χ2v) is 7.03. The molecule has 1 amide bonds. The normalized spacial score (nSPS) is 14.7.